The molecule has 1 rings (SSSR count). The third kappa shape index (κ3) is 6.03. The van der Waals surface area contributed by atoms with E-state index in [2.05, 4.69) is 15.3 Å². The van der Waals surface area contributed by atoms with Crippen LogP contribution in [0.1, 0.15) is 40.0 Å². The van der Waals surface area contributed by atoms with Crippen LogP contribution in [0.2, 0.25) is 0 Å². The van der Waals surface area contributed by atoms with Gasteiger partial charge in [0.2, 0.25) is 5.88 Å². The SMILES string of the molecule is CCCC(CC(=O)O)Nc1cncc(OC(C)C)n1. The third-order valence-electron chi connectivity index (χ3n) is 2.38. The van der Waals surface area contributed by atoms with Crippen LogP contribution in [0.5, 0.6) is 5.88 Å². The number of hydrogen-bond acceptors (Lipinski definition) is 5. The second-order valence-electron chi connectivity index (χ2n) is 4.64. The van der Waals surface area contributed by atoms with Gasteiger partial charge < -0.3 is 15.2 Å². The fourth-order valence-electron chi connectivity index (χ4n) is 1.71. The minimum atomic E-state index is -0.825. The number of ether oxygens (including phenoxy) is 1. The average Bonchev–Trinajstić information content (AvgIpc) is 2.27. The Morgan fingerprint density at radius 3 is 2.79 bits per heavy atom. The van der Waals surface area contributed by atoms with Crippen LogP contribution in [0.3, 0.4) is 0 Å². The molecule has 0 spiro atoms. The molecule has 6 nitrogen and oxygen atoms in total. The van der Waals surface area contributed by atoms with Crippen molar-refractivity contribution in [3.05, 3.63) is 12.4 Å². The van der Waals surface area contributed by atoms with E-state index in [1.54, 1.807) is 6.20 Å². The zero-order valence-corrected chi connectivity index (χ0v) is 11.6. The van der Waals surface area contributed by atoms with Gasteiger partial charge in [0.15, 0.2) is 0 Å². The number of hydrogen-bond donors (Lipinski definition) is 2. The van der Waals surface area contributed by atoms with Crippen LogP contribution < -0.4 is 10.1 Å². The summed E-state index contributed by atoms with van der Waals surface area (Å²) in [6.45, 7) is 5.83. The number of carboxylic acids is 1. The van der Waals surface area contributed by atoms with Crippen molar-refractivity contribution in [2.45, 2.75) is 52.2 Å². The number of nitrogens with zero attached hydrogens (tertiary/aromatic N) is 2. The lowest BCUT2D eigenvalue weighted by atomic mass is 10.1. The lowest BCUT2D eigenvalue weighted by Crippen LogP contribution is -2.23. The summed E-state index contributed by atoms with van der Waals surface area (Å²) in [5.41, 5.74) is 0. The fraction of sp³-hybridized carbons (Fsp3) is 0.615. The molecule has 1 heterocycles. The molecule has 0 radical (unpaired) electrons. The number of rotatable bonds is 8. The van der Waals surface area contributed by atoms with E-state index in [1.165, 1.54) is 6.20 Å². The third-order valence-corrected chi connectivity index (χ3v) is 2.38. The van der Waals surface area contributed by atoms with Crippen LogP contribution in [-0.4, -0.2) is 33.2 Å². The van der Waals surface area contributed by atoms with Crippen molar-refractivity contribution in [2.24, 2.45) is 0 Å². The van der Waals surface area contributed by atoms with Crippen molar-refractivity contribution in [3.8, 4) is 5.88 Å². The molecule has 0 aliphatic heterocycles. The molecular formula is C13H21N3O3. The van der Waals surface area contributed by atoms with Gasteiger partial charge in [-0.05, 0) is 20.3 Å². The molecule has 106 valence electrons. The quantitative estimate of drug-likeness (QED) is 0.752. The molecule has 2 N–H and O–H groups in total. The Hall–Kier alpha value is -1.85. The summed E-state index contributed by atoms with van der Waals surface area (Å²) < 4.78 is 5.45. The molecule has 1 atom stereocenters. The number of anilines is 1. The van der Waals surface area contributed by atoms with E-state index >= 15 is 0 Å². The average molecular weight is 267 g/mol. The standard InChI is InChI=1S/C13H21N3O3/c1-4-5-10(6-13(17)18)15-11-7-14-8-12(16-11)19-9(2)3/h7-10H,4-6H2,1-3H3,(H,15,16)(H,17,18). The maximum Gasteiger partial charge on any atom is 0.305 e. The first-order valence-electron chi connectivity index (χ1n) is 6.48. The van der Waals surface area contributed by atoms with Gasteiger partial charge in [0.05, 0.1) is 24.9 Å². The van der Waals surface area contributed by atoms with Crippen LogP contribution in [-0.2, 0) is 4.79 Å². The van der Waals surface area contributed by atoms with Crippen molar-refractivity contribution < 1.29 is 14.6 Å². The molecule has 6 heteroatoms. The van der Waals surface area contributed by atoms with Crippen molar-refractivity contribution >= 4 is 11.8 Å². The highest BCUT2D eigenvalue weighted by molar-refractivity contribution is 5.68. The van der Waals surface area contributed by atoms with E-state index in [4.69, 9.17) is 9.84 Å². The van der Waals surface area contributed by atoms with Crippen molar-refractivity contribution in [1.29, 1.82) is 0 Å². The fourth-order valence-corrected chi connectivity index (χ4v) is 1.71. The molecule has 0 aliphatic rings. The summed E-state index contributed by atoms with van der Waals surface area (Å²) in [5.74, 6) is 0.150. The van der Waals surface area contributed by atoms with Crippen LogP contribution in [0, 0.1) is 0 Å². The Labute approximate surface area is 113 Å². The Kier molecular flexibility index (Phi) is 6.05. The summed E-state index contributed by atoms with van der Waals surface area (Å²) in [7, 11) is 0. The van der Waals surface area contributed by atoms with Crippen molar-refractivity contribution in [3.63, 3.8) is 0 Å². The molecular weight excluding hydrogens is 246 g/mol. The monoisotopic (exact) mass is 267 g/mol. The predicted octanol–water partition coefficient (Wildman–Crippen LogP) is 2.32. The summed E-state index contributed by atoms with van der Waals surface area (Å²) >= 11 is 0. The predicted molar refractivity (Wildman–Crippen MR) is 72.4 cm³/mol. The van der Waals surface area contributed by atoms with E-state index in [0.717, 1.165) is 12.8 Å². The highest BCUT2D eigenvalue weighted by atomic mass is 16.5. The van der Waals surface area contributed by atoms with Crippen LogP contribution >= 0.6 is 0 Å². The van der Waals surface area contributed by atoms with E-state index in [-0.39, 0.29) is 18.6 Å². The van der Waals surface area contributed by atoms with Gasteiger partial charge in [-0.15, -0.1) is 0 Å². The van der Waals surface area contributed by atoms with Crippen LogP contribution in [0.4, 0.5) is 5.82 Å². The number of aliphatic carboxylic acids is 1. The second kappa shape index (κ2) is 7.56. The van der Waals surface area contributed by atoms with Gasteiger partial charge >= 0.3 is 5.97 Å². The highest BCUT2D eigenvalue weighted by Crippen LogP contribution is 2.14. The minimum Gasteiger partial charge on any atom is -0.481 e. The van der Waals surface area contributed by atoms with E-state index in [0.29, 0.717) is 11.7 Å². The Bertz CT molecular complexity index is 410. The number of nitrogens with one attached hydrogen (secondary N) is 1. The molecule has 1 aromatic heterocycles. The first-order valence-corrected chi connectivity index (χ1v) is 6.48. The summed E-state index contributed by atoms with van der Waals surface area (Å²) in [4.78, 5) is 19.1. The highest BCUT2D eigenvalue weighted by Gasteiger charge is 2.13. The summed E-state index contributed by atoms with van der Waals surface area (Å²) in [5, 5.41) is 12.0. The molecule has 0 saturated heterocycles. The Balaban J connectivity index is 2.69. The molecule has 0 fully saturated rings. The maximum absolute atomic E-state index is 10.8. The molecule has 19 heavy (non-hydrogen) atoms. The Morgan fingerprint density at radius 2 is 2.21 bits per heavy atom. The summed E-state index contributed by atoms with van der Waals surface area (Å²) in [6, 6.07) is -0.147. The molecule has 0 aliphatic carbocycles. The van der Waals surface area contributed by atoms with Crippen molar-refractivity contribution in [2.75, 3.05) is 5.32 Å². The maximum atomic E-state index is 10.8. The first kappa shape index (κ1) is 15.2. The van der Waals surface area contributed by atoms with E-state index in [9.17, 15) is 4.79 Å². The molecule has 1 aromatic rings. The number of carbonyl (C=O) groups is 1. The van der Waals surface area contributed by atoms with Crippen LogP contribution in [0.15, 0.2) is 12.4 Å². The molecule has 0 bridgehead atoms. The van der Waals surface area contributed by atoms with Crippen LogP contribution in [0.25, 0.3) is 0 Å². The van der Waals surface area contributed by atoms with Gasteiger partial charge in [-0.25, -0.2) is 0 Å². The normalized spacial score (nSPS) is 12.2. The first-order chi connectivity index (χ1) is 9.01. The molecule has 0 aromatic carbocycles. The lowest BCUT2D eigenvalue weighted by Gasteiger charge is -2.17. The van der Waals surface area contributed by atoms with Gasteiger partial charge in [-0.1, -0.05) is 13.3 Å². The number of carboxylic acid groups (broad SMARTS) is 1. The largest absolute Gasteiger partial charge is 0.481 e. The van der Waals surface area contributed by atoms with Gasteiger partial charge in [0, 0.05) is 6.04 Å². The molecule has 0 saturated carbocycles. The van der Waals surface area contributed by atoms with Gasteiger partial charge in [-0.3, -0.25) is 9.78 Å². The summed E-state index contributed by atoms with van der Waals surface area (Å²) in [6.07, 6.45) is 4.86. The van der Waals surface area contributed by atoms with E-state index in [1.807, 2.05) is 20.8 Å². The Morgan fingerprint density at radius 1 is 1.47 bits per heavy atom. The number of aromatic nitrogens is 2. The lowest BCUT2D eigenvalue weighted by molar-refractivity contribution is -0.137. The molecule has 1 unspecified atom stereocenters. The van der Waals surface area contributed by atoms with Gasteiger partial charge in [0.1, 0.15) is 5.82 Å². The zero-order valence-electron chi connectivity index (χ0n) is 11.6. The molecule has 0 amide bonds. The van der Waals surface area contributed by atoms with Gasteiger partial charge in [-0.2, -0.15) is 4.98 Å². The van der Waals surface area contributed by atoms with Gasteiger partial charge in [0.25, 0.3) is 0 Å². The topological polar surface area (TPSA) is 84.3 Å². The zero-order chi connectivity index (χ0) is 14.3. The smallest absolute Gasteiger partial charge is 0.305 e. The minimum absolute atomic E-state index is 0.0232. The van der Waals surface area contributed by atoms with E-state index < -0.39 is 5.97 Å². The second-order valence-corrected chi connectivity index (χ2v) is 4.64. The van der Waals surface area contributed by atoms with Crippen molar-refractivity contribution in [1.82, 2.24) is 9.97 Å².